The Bertz CT molecular complexity index is 2630. The van der Waals surface area contributed by atoms with Crippen molar-refractivity contribution in [3.63, 3.8) is 0 Å². The highest BCUT2D eigenvalue weighted by Gasteiger charge is 2.46. The quantitative estimate of drug-likeness (QED) is 0.0940. The number of phenols is 1. The second kappa shape index (κ2) is 18.0. The second-order valence-corrected chi connectivity index (χ2v) is 19.1. The summed E-state index contributed by atoms with van der Waals surface area (Å²) in [5.41, 5.74) is 5.61. The van der Waals surface area contributed by atoms with Gasteiger partial charge in [0, 0.05) is 48.5 Å². The minimum absolute atomic E-state index is 0.0560. The van der Waals surface area contributed by atoms with E-state index in [0.717, 1.165) is 27.3 Å². The van der Waals surface area contributed by atoms with E-state index in [9.17, 15) is 38.2 Å². The predicted molar refractivity (Wildman–Crippen MR) is 238 cm³/mol. The van der Waals surface area contributed by atoms with Gasteiger partial charge in [-0.3, -0.25) is 24.2 Å². The largest absolute Gasteiger partial charge is 0.586 e. The highest BCUT2D eigenvalue weighted by Crippen LogP contribution is 2.45. The van der Waals surface area contributed by atoms with Gasteiger partial charge in [-0.2, -0.15) is 0 Å². The predicted octanol–water partition coefficient (Wildman–Crippen LogP) is 6.82. The summed E-state index contributed by atoms with van der Waals surface area (Å²) in [6, 6.07) is 14.3. The van der Waals surface area contributed by atoms with Crippen molar-refractivity contribution in [3.05, 3.63) is 100 Å². The van der Waals surface area contributed by atoms with Gasteiger partial charge in [0.25, 0.3) is 0 Å². The summed E-state index contributed by atoms with van der Waals surface area (Å²) in [5, 5.41) is 31.8. The number of hydrogen-bond donors (Lipinski definition) is 5. The van der Waals surface area contributed by atoms with Crippen LogP contribution in [0.5, 0.6) is 17.2 Å². The first-order valence-corrected chi connectivity index (χ1v) is 22.6. The van der Waals surface area contributed by atoms with Gasteiger partial charge >= 0.3 is 6.29 Å². The molecule has 1 unspecified atom stereocenters. The summed E-state index contributed by atoms with van der Waals surface area (Å²) in [6.07, 6.45) is -1.86. The standard InChI is InChI=1S/C48H52F2N6O8S/c1-25-19-34(40(58)39-33(25)7-6-18-51-39)38(31-16-17-36-37(20-31)64-48(49,50)63-36)54-43(59)29-12-14-30(15-13-29)44(60)55-42(47(3,4)5)46(62)56-23-32(57)21-35(56)45(61)52-22-27-8-10-28(11-9-27)41-26(2)53-24-65-41/h6-11,16-20,24,29-30,32,35,38,42,57-58H,12-15,21-23H2,1-5H3,(H,52,61)(H,54,59)(H,55,60)/t29?,30?,32-,35+,38?,42-/m0/s1. The van der Waals surface area contributed by atoms with Crippen LogP contribution in [0, 0.1) is 31.1 Å². The number of amides is 4. The molecule has 3 aromatic carbocycles. The number of nitrogens with one attached hydrogen (secondary N) is 3. The Balaban J connectivity index is 0.915. The Morgan fingerprint density at radius 2 is 1.58 bits per heavy atom. The number of aliphatic hydroxyl groups is 1. The van der Waals surface area contributed by atoms with Crippen molar-refractivity contribution in [2.24, 2.45) is 17.3 Å². The third-order valence-corrected chi connectivity index (χ3v) is 13.6. The van der Waals surface area contributed by atoms with Crippen LogP contribution in [0.4, 0.5) is 8.78 Å². The summed E-state index contributed by atoms with van der Waals surface area (Å²) in [4.78, 5) is 67.0. The first-order valence-electron chi connectivity index (χ1n) is 21.7. The van der Waals surface area contributed by atoms with Gasteiger partial charge in [-0.25, -0.2) is 4.98 Å². The number of aryl methyl sites for hydroxylation is 2. The van der Waals surface area contributed by atoms with E-state index in [-0.39, 0.29) is 48.6 Å². The molecule has 14 nitrogen and oxygen atoms in total. The fraction of sp³-hybridized carbons (Fsp3) is 0.417. The minimum atomic E-state index is -3.86. The number of fused-ring (bicyclic) bond motifs is 2. The fourth-order valence-corrected chi connectivity index (χ4v) is 9.86. The molecule has 17 heteroatoms. The van der Waals surface area contributed by atoms with Crippen molar-refractivity contribution in [1.29, 1.82) is 0 Å². The summed E-state index contributed by atoms with van der Waals surface area (Å²) >= 11 is 1.55. The zero-order valence-electron chi connectivity index (χ0n) is 36.7. The molecular formula is C48H52F2N6O8S. The van der Waals surface area contributed by atoms with Crippen LogP contribution < -0.4 is 25.4 Å². The molecule has 0 spiro atoms. The van der Waals surface area contributed by atoms with Crippen LogP contribution in [0.2, 0.25) is 0 Å². The number of aromatic nitrogens is 2. The number of phenolic OH excluding ortho intramolecular Hbond substituents is 1. The van der Waals surface area contributed by atoms with Crippen LogP contribution >= 0.6 is 11.3 Å². The average Bonchev–Trinajstić information content (AvgIpc) is 3.99. The molecule has 1 saturated carbocycles. The van der Waals surface area contributed by atoms with E-state index in [1.54, 1.807) is 29.0 Å². The first-order chi connectivity index (χ1) is 30.9. The van der Waals surface area contributed by atoms with Crippen molar-refractivity contribution >= 4 is 45.9 Å². The molecule has 0 radical (unpaired) electrons. The highest BCUT2D eigenvalue weighted by molar-refractivity contribution is 7.13. The lowest BCUT2D eigenvalue weighted by molar-refractivity contribution is -0.286. The van der Waals surface area contributed by atoms with E-state index in [1.165, 1.54) is 29.3 Å². The monoisotopic (exact) mass is 910 g/mol. The molecule has 65 heavy (non-hydrogen) atoms. The summed E-state index contributed by atoms with van der Waals surface area (Å²) < 4.78 is 37.3. The molecule has 4 atom stereocenters. The lowest BCUT2D eigenvalue weighted by Gasteiger charge is -2.37. The second-order valence-electron chi connectivity index (χ2n) is 18.3. The number of pyridine rings is 1. The Kier molecular flexibility index (Phi) is 12.6. The molecule has 3 aliphatic rings. The average molecular weight is 911 g/mol. The maximum absolute atomic E-state index is 14.3. The van der Waals surface area contributed by atoms with Gasteiger partial charge in [0.15, 0.2) is 11.5 Å². The maximum atomic E-state index is 14.3. The van der Waals surface area contributed by atoms with Gasteiger partial charge < -0.3 is 40.5 Å². The Morgan fingerprint density at radius 1 is 0.908 bits per heavy atom. The number of rotatable bonds is 11. The molecule has 2 fully saturated rings. The highest BCUT2D eigenvalue weighted by atomic mass is 32.1. The number of hydrogen-bond acceptors (Lipinski definition) is 11. The van der Waals surface area contributed by atoms with Crippen LogP contribution in [-0.2, 0) is 25.7 Å². The number of carbonyl (C=O) groups is 4. The van der Waals surface area contributed by atoms with Gasteiger partial charge in [0.2, 0.25) is 23.6 Å². The van der Waals surface area contributed by atoms with Gasteiger partial charge in [-0.15, -0.1) is 20.1 Å². The van der Waals surface area contributed by atoms with Gasteiger partial charge in [-0.1, -0.05) is 57.2 Å². The molecule has 5 N–H and O–H groups in total. The number of carbonyl (C=O) groups excluding carboxylic acids is 4. The molecule has 1 aliphatic carbocycles. The zero-order valence-corrected chi connectivity index (χ0v) is 37.5. The van der Waals surface area contributed by atoms with E-state index in [0.29, 0.717) is 47.7 Å². The molecule has 1 saturated heterocycles. The summed E-state index contributed by atoms with van der Waals surface area (Å²) in [6.45, 7) is 9.42. The molecule has 2 aliphatic heterocycles. The number of aromatic hydroxyl groups is 1. The fourth-order valence-electron chi connectivity index (χ4n) is 9.05. The van der Waals surface area contributed by atoms with Crippen LogP contribution in [-0.4, -0.2) is 79.7 Å². The maximum Gasteiger partial charge on any atom is 0.586 e. The number of ether oxygens (including phenoxy) is 2. The third-order valence-electron chi connectivity index (χ3n) is 12.6. The van der Waals surface area contributed by atoms with E-state index >= 15 is 0 Å². The van der Waals surface area contributed by atoms with Crippen molar-refractivity contribution in [3.8, 4) is 27.7 Å². The zero-order chi connectivity index (χ0) is 46.4. The molecule has 2 aromatic heterocycles. The number of benzene rings is 3. The smallest absolute Gasteiger partial charge is 0.505 e. The number of thiazole rings is 1. The number of β-amino-alcohol motifs (C(OH)–C–C–N with tert-alkyl or cyclic N) is 1. The number of alkyl halides is 2. The van der Waals surface area contributed by atoms with Crippen LogP contribution in [0.3, 0.4) is 0 Å². The lowest BCUT2D eigenvalue weighted by Crippen LogP contribution is -2.58. The normalized spacial score (nSPS) is 21.1. The molecule has 8 rings (SSSR count). The Labute approximate surface area is 378 Å². The van der Waals surface area contributed by atoms with Crippen molar-refractivity contribution in [2.45, 2.75) is 104 Å². The van der Waals surface area contributed by atoms with Gasteiger partial charge in [-0.05, 0) is 91.5 Å². The summed E-state index contributed by atoms with van der Waals surface area (Å²) in [5.74, 6) is -3.22. The number of aliphatic hydroxyl groups excluding tert-OH is 1. The molecule has 0 bridgehead atoms. The van der Waals surface area contributed by atoms with Crippen molar-refractivity contribution in [1.82, 2.24) is 30.8 Å². The lowest BCUT2D eigenvalue weighted by atomic mass is 9.79. The molecular weight excluding hydrogens is 859 g/mol. The van der Waals surface area contributed by atoms with E-state index < -0.39 is 59.6 Å². The van der Waals surface area contributed by atoms with Gasteiger partial charge in [0.1, 0.15) is 23.3 Å². The van der Waals surface area contributed by atoms with E-state index in [4.69, 9.17) is 4.74 Å². The molecule has 4 amide bonds. The van der Waals surface area contributed by atoms with Crippen LogP contribution in [0.25, 0.3) is 21.3 Å². The van der Waals surface area contributed by atoms with Crippen LogP contribution in [0.15, 0.2) is 72.4 Å². The van der Waals surface area contributed by atoms with E-state index in [1.807, 2.05) is 65.0 Å². The SMILES string of the molecule is Cc1ncsc1-c1ccc(CNC(=O)[C@H]2C[C@H](O)CN2C(=O)[C@H](NC(=O)C2CCC(C(=O)NC(c3ccc4c(c3)OC(F)(F)O4)c3cc(C)c4cccnc4c3O)CC2)C(C)(C)C)cc1. The number of likely N-dealkylation sites (tertiary alicyclic amines) is 1. The number of halogens is 2. The van der Waals surface area contributed by atoms with Crippen molar-refractivity contribution < 1.29 is 47.6 Å². The van der Waals surface area contributed by atoms with Crippen LogP contribution in [0.1, 0.15) is 86.9 Å². The summed E-state index contributed by atoms with van der Waals surface area (Å²) in [7, 11) is 0. The first kappa shape index (κ1) is 45.4. The number of nitrogens with zero attached hydrogens (tertiary/aromatic N) is 3. The minimum Gasteiger partial charge on any atom is -0.505 e. The topological polar surface area (TPSA) is 192 Å². The molecule has 342 valence electrons. The van der Waals surface area contributed by atoms with Crippen molar-refractivity contribution in [2.75, 3.05) is 6.54 Å². The Morgan fingerprint density at radius 3 is 2.25 bits per heavy atom. The van der Waals surface area contributed by atoms with E-state index in [2.05, 4.69) is 30.7 Å². The third kappa shape index (κ3) is 9.62. The molecule has 5 aromatic rings. The Hall–Kier alpha value is -6.20. The van der Waals surface area contributed by atoms with Gasteiger partial charge in [0.05, 0.1) is 28.2 Å². The molecule has 4 heterocycles.